The molecule has 0 heterocycles. The number of ketones is 1. The van der Waals surface area contributed by atoms with Crippen LogP contribution in [0.25, 0.3) is 0 Å². The van der Waals surface area contributed by atoms with Crippen molar-refractivity contribution >= 4 is 5.78 Å². The SMILES string of the molecule is CCCc1ccc(C(=O)CN(CC)CC(CC)CC)cc1. The predicted molar refractivity (Wildman–Crippen MR) is 91.0 cm³/mol. The molecule has 0 amide bonds. The average Bonchev–Trinajstić information content (AvgIpc) is 2.52. The van der Waals surface area contributed by atoms with Crippen LogP contribution in [0.2, 0.25) is 0 Å². The zero-order chi connectivity index (χ0) is 15.7. The molecule has 0 N–H and O–H groups in total. The summed E-state index contributed by atoms with van der Waals surface area (Å²) in [5.41, 5.74) is 2.16. The third-order valence-electron chi connectivity index (χ3n) is 4.30. The Morgan fingerprint density at radius 2 is 1.67 bits per heavy atom. The van der Waals surface area contributed by atoms with Crippen molar-refractivity contribution in [2.45, 2.75) is 53.4 Å². The van der Waals surface area contributed by atoms with Gasteiger partial charge in [-0.15, -0.1) is 0 Å². The third kappa shape index (κ3) is 6.01. The van der Waals surface area contributed by atoms with Crippen molar-refractivity contribution in [1.29, 1.82) is 0 Å². The van der Waals surface area contributed by atoms with Crippen molar-refractivity contribution in [3.63, 3.8) is 0 Å². The van der Waals surface area contributed by atoms with Crippen molar-refractivity contribution in [2.75, 3.05) is 19.6 Å². The van der Waals surface area contributed by atoms with Gasteiger partial charge in [-0.2, -0.15) is 0 Å². The van der Waals surface area contributed by atoms with Crippen LogP contribution in [-0.2, 0) is 6.42 Å². The van der Waals surface area contributed by atoms with Crippen LogP contribution in [0.3, 0.4) is 0 Å². The lowest BCUT2D eigenvalue weighted by Gasteiger charge is -2.24. The van der Waals surface area contributed by atoms with Crippen LogP contribution >= 0.6 is 0 Å². The Hall–Kier alpha value is -1.15. The lowest BCUT2D eigenvalue weighted by molar-refractivity contribution is 0.0920. The Labute approximate surface area is 130 Å². The number of hydrogen-bond donors (Lipinski definition) is 0. The molecule has 0 fully saturated rings. The summed E-state index contributed by atoms with van der Waals surface area (Å²) >= 11 is 0. The molecule has 1 rings (SSSR count). The molecule has 0 atom stereocenters. The first-order valence-corrected chi connectivity index (χ1v) is 8.48. The fourth-order valence-electron chi connectivity index (χ4n) is 2.66. The van der Waals surface area contributed by atoms with E-state index in [4.69, 9.17) is 0 Å². The molecule has 0 bridgehead atoms. The summed E-state index contributed by atoms with van der Waals surface area (Å²) < 4.78 is 0. The second-order valence-electron chi connectivity index (χ2n) is 5.88. The van der Waals surface area contributed by atoms with Gasteiger partial charge in [0.05, 0.1) is 6.54 Å². The Morgan fingerprint density at radius 1 is 1.05 bits per heavy atom. The number of aryl methyl sites for hydroxylation is 1. The van der Waals surface area contributed by atoms with Gasteiger partial charge in [0.25, 0.3) is 0 Å². The lowest BCUT2D eigenvalue weighted by Crippen LogP contribution is -2.34. The number of carbonyl (C=O) groups excluding carboxylic acids is 1. The summed E-state index contributed by atoms with van der Waals surface area (Å²) in [6, 6.07) is 8.15. The molecular weight excluding hydrogens is 258 g/mol. The molecule has 0 aliphatic heterocycles. The molecule has 2 nitrogen and oxygen atoms in total. The van der Waals surface area contributed by atoms with E-state index in [0.29, 0.717) is 12.5 Å². The minimum absolute atomic E-state index is 0.242. The van der Waals surface area contributed by atoms with Gasteiger partial charge in [-0.05, 0) is 24.4 Å². The van der Waals surface area contributed by atoms with Crippen LogP contribution in [-0.4, -0.2) is 30.3 Å². The predicted octanol–water partition coefficient (Wildman–Crippen LogP) is 4.58. The van der Waals surface area contributed by atoms with Crippen molar-refractivity contribution < 1.29 is 4.79 Å². The van der Waals surface area contributed by atoms with Crippen LogP contribution in [0.15, 0.2) is 24.3 Å². The van der Waals surface area contributed by atoms with Crippen LogP contribution < -0.4 is 0 Å². The van der Waals surface area contributed by atoms with Crippen LogP contribution in [0.4, 0.5) is 0 Å². The molecule has 118 valence electrons. The van der Waals surface area contributed by atoms with E-state index in [0.717, 1.165) is 31.5 Å². The highest BCUT2D eigenvalue weighted by Crippen LogP contribution is 2.12. The molecule has 0 saturated carbocycles. The van der Waals surface area contributed by atoms with Gasteiger partial charge in [-0.3, -0.25) is 9.69 Å². The van der Waals surface area contributed by atoms with Gasteiger partial charge >= 0.3 is 0 Å². The Kier molecular flexibility index (Phi) is 8.29. The standard InChI is InChI=1S/C19H31NO/c1-5-9-17-10-12-18(13-11-17)19(21)15-20(8-4)14-16(6-2)7-3/h10-13,16H,5-9,14-15H2,1-4H3. The van der Waals surface area contributed by atoms with Gasteiger partial charge in [0.1, 0.15) is 0 Å². The summed E-state index contributed by atoms with van der Waals surface area (Å²) in [6.45, 7) is 11.3. The van der Waals surface area contributed by atoms with E-state index in [9.17, 15) is 4.79 Å². The number of benzene rings is 1. The maximum Gasteiger partial charge on any atom is 0.176 e. The third-order valence-corrected chi connectivity index (χ3v) is 4.30. The molecule has 0 saturated heterocycles. The lowest BCUT2D eigenvalue weighted by atomic mass is 10.0. The summed E-state index contributed by atoms with van der Waals surface area (Å²) in [6.07, 6.45) is 4.61. The molecular formula is C19H31NO. The molecule has 0 radical (unpaired) electrons. The van der Waals surface area contributed by atoms with E-state index in [1.165, 1.54) is 18.4 Å². The first kappa shape index (κ1) is 17.9. The molecule has 21 heavy (non-hydrogen) atoms. The molecule has 0 aliphatic rings. The van der Waals surface area contributed by atoms with Crippen LogP contribution in [0, 0.1) is 5.92 Å². The Morgan fingerprint density at radius 3 is 2.14 bits per heavy atom. The van der Waals surface area contributed by atoms with Crippen molar-refractivity contribution in [3.8, 4) is 0 Å². The van der Waals surface area contributed by atoms with Crippen molar-refractivity contribution in [1.82, 2.24) is 4.90 Å². The topological polar surface area (TPSA) is 20.3 Å². The van der Waals surface area contributed by atoms with Gasteiger partial charge < -0.3 is 0 Å². The Balaban J connectivity index is 2.60. The number of Topliss-reactive ketones (excluding diaryl/α,β-unsaturated/α-hetero) is 1. The van der Waals surface area contributed by atoms with Crippen molar-refractivity contribution in [3.05, 3.63) is 35.4 Å². The highest BCUT2D eigenvalue weighted by atomic mass is 16.1. The van der Waals surface area contributed by atoms with E-state index >= 15 is 0 Å². The molecule has 1 aromatic carbocycles. The van der Waals surface area contributed by atoms with Gasteiger partial charge in [-0.1, -0.05) is 71.2 Å². The van der Waals surface area contributed by atoms with Gasteiger partial charge in [0, 0.05) is 12.1 Å². The second kappa shape index (κ2) is 9.73. The zero-order valence-corrected chi connectivity index (χ0v) is 14.2. The summed E-state index contributed by atoms with van der Waals surface area (Å²) in [7, 11) is 0. The van der Waals surface area contributed by atoms with E-state index in [2.05, 4.69) is 44.7 Å². The summed E-state index contributed by atoms with van der Waals surface area (Å²) in [4.78, 5) is 14.7. The van der Waals surface area contributed by atoms with Gasteiger partial charge in [0.15, 0.2) is 5.78 Å². The van der Waals surface area contributed by atoms with E-state index in [1.54, 1.807) is 0 Å². The van der Waals surface area contributed by atoms with Gasteiger partial charge in [-0.25, -0.2) is 0 Å². The van der Waals surface area contributed by atoms with E-state index < -0.39 is 0 Å². The summed E-state index contributed by atoms with van der Waals surface area (Å²) in [5, 5.41) is 0. The largest absolute Gasteiger partial charge is 0.296 e. The van der Waals surface area contributed by atoms with E-state index in [-0.39, 0.29) is 5.78 Å². The first-order chi connectivity index (χ1) is 10.1. The molecule has 1 aromatic rings. The number of rotatable bonds is 10. The second-order valence-corrected chi connectivity index (χ2v) is 5.88. The minimum atomic E-state index is 0.242. The molecule has 0 spiro atoms. The Bertz CT molecular complexity index is 406. The fraction of sp³-hybridized carbons (Fsp3) is 0.632. The fourth-order valence-corrected chi connectivity index (χ4v) is 2.66. The van der Waals surface area contributed by atoms with E-state index in [1.807, 2.05) is 12.1 Å². The molecule has 0 aromatic heterocycles. The summed E-state index contributed by atoms with van der Waals surface area (Å²) in [5.74, 6) is 0.940. The highest BCUT2D eigenvalue weighted by molar-refractivity contribution is 5.97. The maximum absolute atomic E-state index is 12.4. The molecule has 0 aliphatic carbocycles. The number of carbonyl (C=O) groups is 1. The molecule has 0 unspecified atom stereocenters. The number of hydrogen-bond acceptors (Lipinski definition) is 2. The van der Waals surface area contributed by atoms with Crippen LogP contribution in [0.5, 0.6) is 0 Å². The number of likely N-dealkylation sites (N-methyl/N-ethyl adjacent to an activating group) is 1. The molecule has 2 heteroatoms. The minimum Gasteiger partial charge on any atom is -0.296 e. The quantitative estimate of drug-likeness (QED) is 0.588. The monoisotopic (exact) mass is 289 g/mol. The van der Waals surface area contributed by atoms with Crippen molar-refractivity contribution in [2.24, 2.45) is 5.92 Å². The smallest absolute Gasteiger partial charge is 0.176 e. The van der Waals surface area contributed by atoms with Crippen LogP contribution in [0.1, 0.15) is 62.9 Å². The van der Waals surface area contributed by atoms with Gasteiger partial charge in [0.2, 0.25) is 0 Å². The highest BCUT2D eigenvalue weighted by Gasteiger charge is 2.14. The number of nitrogens with zero attached hydrogens (tertiary/aromatic N) is 1. The zero-order valence-electron chi connectivity index (χ0n) is 14.2. The maximum atomic E-state index is 12.4. The normalized spacial score (nSPS) is 11.3. The first-order valence-electron chi connectivity index (χ1n) is 8.48. The average molecular weight is 289 g/mol.